The van der Waals surface area contributed by atoms with Crippen LogP contribution in [0, 0.1) is 5.92 Å². The smallest absolute Gasteiger partial charge is 0.418 e. The molecule has 1 saturated carbocycles. The molecule has 7 nitrogen and oxygen atoms in total. The van der Waals surface area contributed by atoms with Crippen molar-refractivity contribution >= 4 is 5.91 Å². The van der Waals surface area contributed by atoms with Crippen LogP contribution in [0.3, 0.4) is 0 Å². The van der Waals surface area contributed by atoms with E-state index in [-0.39, 0.29) is 29.2 Å². The van der Waals surface area contributed by atoms with Crippen molar-refractivity contribution in [3.63, 3.8) is 0 Å². The number of hydrogen-bond donors (Lipinski definition) is 2. The first-order valence-electron chi connectivity index (χ1n) is 11.6. The number of aromatic nitrogens is 2. The topological polar surface area (TPSA) is 103 Å². The Morgan fingerprint density at radius 3 is 2.57 bits per heavy atom. The Kier molecular flexibility index (Phi) is 7.70. The molecule has 3 aromatic rings. The SMILES string of the molecule is NCc1cccc(CC(NC(=O)C2CCCCC2)c2nnc(-c3cccc(OC(F)(F)F)c3)o2)c1. The summed E-state index contributed by atoms with van der Waals surface area (Å²) in [4.78, 5) is 13.0. The zero-order valence-corrected chi connectivity index (χ0v) is 19.1. The summed E-state index contributed by atoms with van der Waals surface area (Å²) in [6, 6.07) is 12.4. The van der Waals surface area contributed by atoms with Crippen LogP contribution in [0.4, 0.5) is 13.2 Å². The Hall–Kier alpha value is -3.40. The molecule has 0 bridgehead atoms. The lowest BCUT2D eigenvalue weighted by Crippen LogP contribution is -2.36. The maximum atomic E-state index is 13.0. The Bertz CT molecular complexity index is 1140. The number of halogens is 3. The molecule has 10 heteroatoms. The van der Waals surface area contributed by atoms with E-state index in [9.17, 15) is 18.0 Å². The number of alkyl halides is 3. The van der Waals surface area contributed by atoms with Gasteiger partial charge < -0.3 is 20.2 Å². The quantitative estimate of drug-likeness (QED) is 0.459. The third-order valence-corrected chi connectivity index (χ3v) is 6.01. The molecule has 1 unspecified atom stereocenters. The Morgan fingerprint density at radius 1 is 1.09 bits per heavy atom. The number of carbonyl (C=O) groups is 1. The molecule has 0 spiro atoms. The summed E-state index contributed by atoms with van der Waals surface area (Å²) in [6.45, 7) is 0.383. The minimum atomic E-state index is -4.81. The zero-order chi connectivity index (χ0) is 24.8. The van der Waals surface area contributed by atoms with Gasteiger partial charge in [0.25, 0.3) is 0 Å². The number of nitrogens with one attached hydrogen (secondary N) is 1. The van der Waals surface area contributed by atoms with Gasteiger partial charge in [0, 0.05) is 24.4 Å². The Morgan fingerprint density at radius 2 is 1.83 bits per heavy atom. The third-order valence-electron chi connectivity index (χ3n) is 6.01. The Labute approximate surface area is 200 Å². The number of hydrogen-bond acceptors (Lipinski definition) is 6. The molecule has 0 saturated heterocycles. The van der Waals surface area contributed by atoms with Crippen molar-refractivity contribution in [2.75, 3.05) is 0 Å². The van der Waals surface area contributed by atoms with Gasteiger partial charge in [-0.3, -0.25) is 4.79 Å². The van der Waals surface area contributed by atoms with E-state index in [2.05, 4.69) is 20.3 Å². The van der Waals surface area contributed by atoms with Gasteiger partial charge in [0.1, 0.15) is 11.8 Å². The van der Waals surface area contributed by atoms with Crippen molar-refractivity contribution in [3.8, 4) is 17.2 Å². The van der Waals surface area contributed by atoms with Crippen LogP contribution in [0.1, 0.15) is 55.2 Å². The third kappa shape index (κ3) is 6.82. The second-order valence-electron chi connectivity index (χ2n) is 8.65. The van der Waals surface area contributed by atoms with Gasteiger partial charge in [-0.05, 0) is 42.2 Å². The molecular formula is C25H27F3N4O3. The molecule has 186 valence electrons. The summed E-state index contributed by atoms with van der Waals surface area (Å²) >= 11 is 0. The van der Waals surface area contributed by atoms with Crippen LogP contribution in [0.15, 0.2) is 52.9 Å². The highest BCUT2D eigenvalue weighted by Crippen LogP contribution is 2.30. The van der Waals surface area contributed by atoms with Crippen LogP contribution >= 0.6 is 0 Å². The van der Waals surface area contributed by atoms with Gasteiger partial charge in [0.15, 0.2) is 0 Å². The molecule has 0 aliphatic heterocycles. The van der Waals surface area contributed by atoms with E-state index in [0.717, 1.165) is 43.2 Å². The molecule has 1 fully saturated rings. The summed E-state index contributed by atoms with van der Waals surface area (Å²) in [7, 11) is 0. The summed E-state index contributed by atoms with van der Waals surface area (Å²) in [6.07, 6.45) is 0.412. The van der Waals surface area contributed by atoms with Crippen molar-refractivity contribution in [3.05, 3.63) is 65.5 Å². The van der Waals surface area contributed by atoms with E-state index >= 15 is 0 Å². The van der Waals surface area contributed by atoms with Crippen molar-refractivity contribution in [1.82, 2.24) is 15.5 Å². The van der Waals surface area contributed by atoms with E-state index in [0.29, 0.717) is 13.0 Å². The zero-order valence-electron chi connectivity index (χ0n) is 19.1. The van der Waals surface area contributed by atoms with Gasteiger partial charge in [0.2, 0.25) is 17.7 Å². The predicted octanol–water partition coefficient (Wildman–Crippen LogP) is 5.07. The lowest BCUT2D eigenvalue weighted by atomic mass is 9.88. The van der Waals surface area contributed by atoms with E-state index in [4.69, 9.17) is 10.2 Å². The summed E-state index contributed by atoms with van der Waals surface area (Å²) in [5, 5.41) is 11.2. The molecule has 1 aliphatic rings. The molecule has 1 aromatic heterocycles. The minimum absolute atomic E-state index is 0.0280. The molecule has 1 atom stereocenters. The molecule has 35 heavy (non-hydrogen) atoms. The van der Waals surface area contributed by atoms with Gasteiger partial charge in [-0.2, -0.15) is 0 Å². The summed E-state index contributed by atoms with van der Waals surface area (Å²) in [5.41, 5.74) is 7.92. The summed E-state index contributed by atoms with van der Waals surface area (Å²) < 4.78 is 47.6. The lowest BCUT2D eigenvalue weighted by Gasteiger charge is -2.23. The number of carbonyl (C=O) groups excluding carboxylic acids is 1. The maximum absolute atomic E-state index is 13.0. The minimum Gasteiger partial charge on any atom is -0.418 e. The van der Waals surface area contributed by atoms with Gasteiger partial charge in [-0.25, -0.2) is 0 Å². The molecule has 0 radical (unpaired) electrons. The average Bonchev–Trinajstić information content (AvgIpc) is 3.34. The van der Waals surface area contributed by atoms with Crippen LogP contribution in [0.5, 0.6) is 5.75 Å². The lowest BCUT2D eigenvalue weighted by molar-refractivity contribution is -0.274. The molecule has 1 aliphatic carbocycles. The molecule has 3 N–H and O–H groups in total. The normalized spacial score (nSPS) is 15.5. The van der Waals surface area contributed by atoms with E-state index in [1.807, 2.05) is 24.3 Å². The highest BCUT2D eigenvalue weighted by atomic mass is 19.4. The average molecular weight is 489 g/mol. The molecule has 1 heterocycles. The highest BCUT2D eigenvalue weighted by Gasteiger charge is 2.31. The van der Waals surface area contributed by atoms with Crippen LogP contribution in [-0.2, 0) is 17.8 Å². The molecular weight excluding hydrogens is 461 g/mol. The fourth-order valence-corrected chi connectivity index (χ4v) is 4.29. The summed E-state index contributed by atoms with van der Waals surface area (Å²) in [5.74, 6) is -0.328. The van der Waals surface area contributed by atoms with E-state index < -0.39 is 18.2 Å². The fraction of sp³-hybridized carbons (Fsp3) is 0.400. The van der Waals surface area contributed by atoms with Crippen molar-refractivity contribution in [2.24, 2.45) is 11.7 Å². The van der Waals surface area contributed by atoms with Gasteiger partial charge in [-0.15, -0.1) is 23.4 Å². The van der Waals surface area contributed by atoms with Crippen LogP contribution in [0.25, 0.3) is 11.5 Å². The fourth-order valence-electron chi connectivity index (χ4n) is 4.29. The first kappa shape index (κ1) is 24.7. The van der Waals surface area contributed by atoms with Crippen LogP contribution in [-0.4, -0.2) is 22.5 Å². The number of benzene rings is 2. The van der Waals surface area contributed by atoms with Crippen molar-refractivity contribution in [1.29, 1.82) is 0 Å². The number of ether oxygens (including phenoxy) is 1. The number of nitrogens with zero attached hydrogens (tertiary/aromatic N) is 2. The van der Waals surface area contributed by atoms with Crippen molar-refractivity contribution < 1.29 is 27.1 Å². The number of rotatable bonds is 8. The second-order valence-corrected chi connectivity index (χ2v) is 8.65. The predicted molar refractivity (Wildman–Crippen MR) is 122 cm³/mol. The van der Waals surface area contributed by atoms with E-state index in [1.54, 1.807) is 6.07 Å². The largest absolute Gasteiger partial charge is 0.573 e. The molecule has 4 rings (SSSR count). The standard InChI is InChI=1S/C25H27F3N4O3/c26-25(27,28)35-20-11-5-10-19(14-20)23-31-32-24(34-23)21(13-16-6-4-7-17(12-16)15-29)30-22(33)18-8-2-1-3-9-18/h4-7,10-12,14,18,21H,1-3,8-9,13,15,29H2,(H,30,33). The van der Waals surface area contributed by atoms with Gasteiger partial charge in [0.05, 0.1) is 0 Å². The van der Waals surface area contributed by atoms with E-state index in [1.165, 1.54) is 18.2 Å². The second kappa shape index (κ2) is 10.9. The molecule has 1 amide bonds. The monoisotopic (exact) mass is 488 g/mol. The first-order chi connectivity index (χ1) is 16.8. The van der Waals surface area contributed by atoms with Gasteiger partial charge >= 0.3 is 6.36 Å². The van der Waals surface area contributed by atoms with Crippen molar-refractivity contribution in [2.45, 2.75) is 57.5 Å². The number of nitrogens with two attached hydrogens (primary N) is 1. The maximum Gasteiger partial charge on any atom is 0.573 e. The van der Waals surface area contributed by atoms with Gasteiger partial charge in [-0.1, -0.05) is 49.6 Å². The Balaban J connectivity index is 1.58. The first-order valence-corrected chi connectivity index (χ1v) is 11.6. The highest BCUT2D eigenvalue weighted by molar-refractivity contribution is 5.79. The molecule has 2 aromatic carbocycles. The number of amides is 1. The van der Waals surface area contributed by atoms with Crippen LogP contribution < -0.4 is 15.8 Å². The van der Waals surface area contributed by atoms with Crippen LogP contribution in [0.2, 0.25) is 0 Å².